The minimum absolute atomic E-state index is 1.18. The lowest BCUT2D eigenvalue weighted by Crippen LogP contribution is -2.25. The highest BCUT2D eigenvalue weighted by Gasteiger charge is 2.05. The molecule has 0 aromatic heterocycles. The molecule has 0 atom stereocenters. The normalized spacial score (nSPS) is 21.8. The van der Waals surface area contributed by atoms with E-state index in [1.807, 2.05) is 0 Å². The summed E-state index contributed by atoms with van der Waals surface area (Å²) < 4.78 is 1.20. The van der Waals surface area contributed by atoms with Gasteiger partial charge in [-0.3, -0.25) is 0 Å². The lowest BCUT2D eigenvalue weighted by Gasteiger charge is -2.21. The van der Waals surface area contributed by atoms with Gasteiger partial charge in [0.25, 0.3) is 0 Å². The maximum atomic E-state index is 2.42. The van der Waals surface area contributed by atoms with Crippen LogP contribution in [0, 0.1) is 0 Å². The topological polar surface area (TPSA) is 3.24 Å². The smallest absolute Gasteiger partial charge is 0.0218 e. The number of nitrogens with zero attached hydrogens (tertiary/aromatic N) is 1. The molecule has 9 heavy (non-hydrogen) atoms. The van der Waals surface area contributed by atoms with Crippen molar-refractivity contribution in [1.82, 2.24) is 4.90 Å². The molecule has 1 heterocycles. The number of hydrogen-bond donors (Lipinski definition) is 0. The summed E-state index contributed by atoms with van der Waals surface area (Å²) in [5.74, 6) is 0. The molecule has 1 aliphatic heterocycles. The molecule has 0 fully saturated rings. The third-order valence-corrected chi connectivity index (χ3v) is 2.57. The van der Waals surface area contributed by atoms with Gasteiger partial charge in [0.2, 0.25) is 0 Å². The van der Waals surface area contributed by atoms with Crippen LogP contribution in [0.4, 0.5) is 0 Å². The van der Waals surface area contributed by atoms with Gasteiger partial charge in [-0.2, -0.15) is 0 Å². The fourth-order valence-electron chi connectivity index (χ4n) is 1.08. The average Bonchev–Trinajstić information content (AvgIpc) is 1.88. The second-order valence-electron chi connectivity index (χ2n) is 2.52. The monoisotopic (exact) mass is 237 g/mol. The van der Waals surface area contributed by atoms with E-state index in [0.29, 0.717) is 0 Å². The quantitative estimate of drug-likeness (QED) is 0.381. The maximum Gasteiger partial charge on any atom is 0.0218 e. The molecule has 0 bridgehead atoms. The van der Waals surface area contributed by atoms with Crippen molar-refractivity contribution in [2.75, 3.05) is 24.6 Å². The van der Waals surface area contributed by atoms with Crippen molar-refractivity contribution in [2.24, 2.45) is 0 Å². The highest BCUT2D eigenvalue weighted by molar-refractivity contribution is 14.1. The largest absolute Gasteiger partial charge is 0.302 e. The molecule has 0 amide bonds. The molecule has 0 aromatic rings. The summed E-state index contributed by atoms with van der Waals surface area (Å²) in [5, 5.41) is 0. The summed E-state index contributed by atoms with van der Waals surface area (Å²) >= 11 is 2.42. The van der Waals surface area contributed by atoms with Gasteiger partial charge in [0.05, 0.1) is 0 Å². The first-order chi connectivity index (χ1) is 4.33. The SMILES string of the molecule is CN1CCC=C(CI)C1. The van der Waals surface area contributed by atoms with Gasteiger partial charge >= 0.3 is 0 Å². The van der Waals surface area contributed by atoms with E-state index in [9.17, 15) is 0 Å². The second kappa shape index (κ2) is 3.56. The summed E-state index contributed by atoms with van der Waals surface area (Å²) in [6.45, 7) is 2.42. The van der Waals surface area contributed by atoms with Crippen LogP contribution in [-0.2, 0) is 0 Å². The van der Waals surface area contributed by atoms with E-state index in [-0.39, 0.29) is 0 Å². The minimum atomic E-state index is 1.18. The Morgan fingerprint density at radius 1 is 1.78 bits per heavy atom. The van der Waals surface area contributed by atoms with Crippen LogP contribution in [0.2, 0.25) is 0 Å². The first-order valence-corrected chi connectivity index (χ1v) is 4.78. The molecule has 0 aliphatic carbocycles. The maximum absolute atomic E-state index is 2.42. The lowest BCUT2D eigenvalue weighted by molar-refractivity contribution is 0.356. The van der Waals surface area contributed by atoms with Crippen LogP contribution in [0.3, 0.4) is 0 Å². The van der Waals surface area contributed by atoms with Crippen LogP contribution >= 0.6 is 22.6 Å². The molecule has 0 saturated heterocycles. The lowest BCUT2D eigenvalue weighted by atomic mass is 10.1. The van der Waals surface area contributed by atoms with E-state index in [2.05, 4.69) is 40.6 Å². The summed E-state index contributed by atoms with van der Waals surface area (Å²) in [6.07, 6.45) is 3.61. The Balaban J connectivity index is 2.43. The van der Waals surface area contributed by atoms with Gasteiger partial charge in [0.1, 0.15) is 0 Å². The molecule has 1 aliphatic rings. The average molecular weight is 237 g/mol. The summed E-state index contributed by atoms with van der Waals surface area (Å²) in [5.41, 5.74) is 1.59. The Kier molecular flexibility index (Phi) is 2.98. The van der Waals surface area contributed by atoms with Crippen molar-refractivity contribution >= 4 is 22.6 Å². The van der Waals surface area contributed by atoms with Gasteiger partial charge in [-0.1, -0.05) is 34.2 Å². The summed E-state index contributed by atoms with van der Waals surface area (Å²) in [6, 6.07) is 0. The first-order valence-electron chi connectivity index (χ1n) is 3.25. The van der Waals surface area contributed by atoms with E-state index in [4.69, 9.17) is 0 Å². The minimum Gasteiger partial charge on any atom is -0.302 e. The van der Waals surface area contributed by atoms with Crippen molar-refractivity contribution in [2.45, 2.75) is 6.42 Å². The number of alkyl halides is 1. The Bertz CT molecular complexity index is 120. The number of hydrogen-bond acceptors (Lipinski definition) is 1. The Hall–Kier alpha value is 0.430. The van der Waals surface area contributed by atoms with Crippen molar-refractivity contribution in [3.05, 3.63) is 11.6 Å². The molecular weight excluding hydrogens is 225 g/mol. The molecule has 1 rings (SSSR count). The number of likely N-dealkylation sites (N-methyl/N-ethyl adjacent to an activating group) is 1. The molecule has 0 spiro atoms. The van der Waals surface area contributed by atoms with Crippen molar-refractivity contribution in [1.29, 1.82) is 0 Å². The van der Waals surface area contributed by atoms with Crippen LogP contribution in [0.15, 0.2) is 11.6 Å². The molecule has 52 valence electrons. The Labute approximate surface area is 70.3 Å². The molecule has 1 nitrogen and oxygen atoms in total. The van der Waals surface area contributed by atoms with Crippen LogP contribution in [-0.4, -0.2) is 29.5 Å². The van der Waals surface area contributed by atoms with Gasteiger partial charge < -0.3 is 4.90 Å². The van der Waals surface area contributed by atoms with Crippen molar-refractivity contribution in [3.63, 3.8) is 0 Å². The third kappa shape index (κ3) is 2.26. The van der Waals surface area contributed by atoms with Crippen LogP contribution in [0.25, 0.3) is 0 Å². The summed E-state index contributed by atoms with van der Waals surface area (Å²) in [7, 11) is 2.18. The fraction of sp³-hybridized carbons (Fsp3) is 0.714. The van der Waals surface area contributed by atoms with E-state index in [1.165, 1.54) is 23.9 Å². The summed E-state index contributed by atoms with van der Waals surface area (Å²) in [4.78, 5) is 2.37. The molecule has 0 aromatic carbocycles. The fourth-order valence-corrected chi connectivity index (χ4v) is 1.63. The standard InChI is InChI=1S/C7H12IN/c1-9-4-2-3-7(5-8)6-9/h3H,2,4-6H2,1H3. The van der Waals surface area contributed by atoms with Crippen molar-refractivity contribution < 1.29 is 0 Å². The Morgan fingerprint density at radius 2 is 2.56 bits per heavy atom. The molecule has 0 N–H and O–H groups in total. The van der Waals surface area contributed by atoms with Crippen LogP contribution in [0.1, 0.15) is 6.42 Å². The van der Waals surface area contributed by atoms with Crippen molar-refractivity contribution in [3.8, 4) is 0 Å². The number of halogens is 1. The molecular formula is C7H12IN. The van der Waals surface area contributed by atoms with E-state index < -0.39 is 0 Å². The van der Waals surface area contributed by atoms with Gasteiger partial charge in [-0.05, 0) is 13.5 Å². The third-order valence-electron chi connectivity index (χ3n) is 1.59. The zero-order chi connectivity index (χ0) is 6.69. The predicted molar refractivity (Wildman–Crippen MR) is 49.1 cm³/mol. The molecule has 0 unspecified atom stereocenters. The van der Waals surface area contributed by atoms with Crippen LogP contribution in [0.5, 0.6) is 0 Å². The molecule has 0 radical (unpaired) electrons. The zero-order valence-corrected chi connectivity index (χ0v) is 7.89. The highest BCUT2D eigenvalue weighted by atomic mass is 127. The number of rotatable bonds is 1. The van der Waals surface area contributed by atoms with Gasteiger partial charge in [0.15, 0.2) is 0 Å². The van der Waals surface area contributed by atoms with E-state index in [0.717, 1.165) is 0 Å². The van der Waals surface area contributed by atoms with Gasteiger partial charge in [-0.15, -0.1) is 0 Å². The van der Waals surface area contributed by atoms with Gasteiger partial charge in [0, 0.05) is 17.5 Å². The highest BCUT2D eigenvalue weighted by Crippen LogP contribution is 2.09. The molecule has 0 saturated carbocycles. The van der Waals surface area contributed by atoms with E-state index in [1.54, 1.807) is 5.57 Å². The first kappa shape index (κ1) is 7.54. The molecule has 2 heteroatoms. The van der Waals surface area contributed by atoms with Gasteiger partial charge in [-0.25, -0.2) is 0 Å². The second-order valence-corrected chi connectivity index (χ2v) is 3.29. The zero-order valence-electron chi connectivity index (χ0n) is 5.73. The van der Waals surface area contributed by atoms with E-state index >= 15 is 0 Å². The predicted octanol–water partition coefficient (Wildman–Crippen LogP) is 1.68. The Morgan fingerprint density at radius 3 is 3.00 bits per heavy atom. The van der Waals surface area contributed by atoms with Crippen LogP contribution < -0.4 is 0 Å².